The van der Waals surface area contributed by atoms with E-state index in [9.17, 15) is 4.79 Å². The predicted molar refractivity (Wildman–Crippen MR) is 72.2 cm³/mol. The first-order chi connectivity index (χ1) is 9.33. The summed E-state index contributed by atoms with van der Waals surface area (Å²) in [7, 11) is 0. The molecule has 94 valence electrons. The van der Waals surface area contributed by atoms with Gasteiger partial charge in [0.25, 0.3) is 0 Å². The molecule has 19 heavy (non-hydrogen) atoms. The van der Waals surface area contributed by atoms with Gasteiger partial charge in [0.05, 0.1) is 12.4 Å². The van der Waals surface area contributed by atoms with Gasteiger partial charge in [0, 0.05) is 22.7 Å². The zero-order valence-corrected chi connectivity index (χ0v) is 9.79. The first-order valence-corrected chi connectivity index (χ1v) is 5.60. The first kappa shape index (κ1) is 11.1. The van der Waals surface area contributed by atoms with Gasteiger partial charge in [-0.05, 0) is 6.07 Å². The highest BCUT2D eigenvalue weighted by Gasteiger charge is 1.99. The van der Waals surface area contributed by atoms with Crippen LogP contribution in [0.4, 0.5) is 5.82 Å². The molecule has 7 nitrogen and oxygen atoms in total. The average Bonchev–Trinajstić information content (AvgIpc) is 2.83. The van der Waals surface area contributed by atoms with Crippen molar-refractivity contribution in [1.82, 2.24) is 20.2 Å². The molecule has 0 radical (unpaired) electrons. The summed E-state index contributed by atoms with van der Waals surface area (Å²) in [5.74, 6) is 0.292. The normalized spacial score (nSPS) is 11.2. The lowest BCUT2D eigenvalue weighted by molar-refractivity contribution is 0.913. The van der Waals surface area contributed by atoms with Gasteiger partial charge < -0.3 is 4.98 Å². The number of benzene rings is 1. The predicted octanol–water partition coefficient (Wildman–Crippen LogP) is 1.09. The van der Waals surface area contributed by atoms with Crippen LogP contribution in [0.1, 0.15) is 5.56 Å². The fraction of sp³-hybridized carbons (Fsp3) is 0. The zero-order valence-electron chi connectivity index (χ0n) is 9.79. The summed E-state index contributed by atoms with van der Waals surface area (Å²) in [6.07, 6.45) is 4.90. The lowest BCUT2D eigenvalue weighted by Gasteiger charge is -1.95. The van der Waals surface area contributed by atoms with Crippen LogP contribution in [0.5, 0.6) is 0 Å². The molecule has 0 atom stereocenters. The lowest BCUT2D eigenvalue weighted by Crippen LogP contribution is -2.13. The molecule has 0 aliphatic heterocycles. The van der Waals surface area contributed by atoms with Gasteiger partial charge in [0.1, 0.15) is 0 Å². The molecule has 3 rings (SSSR count). The Hall–Kier alpha value is -2.96. The van der Waals surface area contributed by atoms with Crippen LogP contribution in [-0.4, -0.2) is 26.4 Å². The van der Waals surface area contributed by atoms with E-state index in [4.69, 9.17) is 0 Å². The van der Waals surface area contributed by atoms with Crippen molar-refractivity contribution >= 4 is 22.9 Å². The first-order valence-electron chi connectivity index (χ1n) is 5.60. The standard InChI is InChI=1S/C12H10N6O/c19-12-16-11(7-15-18-12)17-14-6-8-5-13-10-4-2-1-3-9(8)10/h1-7,13H,(H2,16,17,18,19)/b14-6-. The van der Waals surface area contributed by atoms with E-state index in [1.54, 1.807) is 6.21 Å². The second kappa shape index (κ2) is 4.73. The third-order valence-corrected chi connectivity index (χ3v) is 2.57. The third-order valence-electron chi connectivity index (χ3n) is 2.57. The van der Waals surface area contributed by atoms with Crippen molar-refractivity contribution in [3.8, 4) is 0 Å². The largest absolute Gasteiger partial charge is 0.363 e. The molecule has 2 heterocycles. The SMILES string of the molecule is O=c1nc(N/N=C\c2c[nH]c3ccccc23)cn[nH]1. The molecule has 0 saturated carbocycles. The van der Waals surface area contributed by atoms with E-state index in [1.807, 2.05) is 30.5 Å². The number of H-pyrrole nitrogens is 2. The molecule has 0 aliphatic carbocycles. The molecule has 0 unspecified atom stereocenters. The van der Waals surface area contributed by atoms with Crippen LogP contribution in [0, 0.1) is 0 Å². The Morgan fingerprint density at radius 1 is 1.32 bits per heavy atom. The molecular weight excluding hydrogens is 244 g/mol. The number of aromatic nitrogens is 4. The van der Waals surface area contributed by atoms with Crippen LogP contribution < -0.4 is 11.1 Å². The number of anilines is 1. The van der Waals surface area contributed by atoms with Crippen molar-refractivity contribution in [2.45, 2.75) is 0 Å². The zero-order chi connectivity index (χ0) is 13.1. The molecule has 7 heteroatoms. The maximum Gasteiger partial charge on any atom is 0.363 e. The van der Waals surface area contributed by atoms with E-state index >= 15 is 0 Å². The van der Waals surface area contributed by atoms with E-state index in [1.165, 1.54) is 6.20 Å². The highest BCUT2D eigenvalue weighted by molar-refractivity contribution is 5.99. The van der Waals surface area contributed by atoms with Crippen LogP contribution >= 0.6 is 0 Å². The van der Waals surface area contributed by atoms with Crippen LogP contribution in [0.2, 0.25) is 0 Å². The molecule has 3 N–H and O–H groups in total. The Labute approximate surface area is 107 Å². The molecule has 0 saturated heterocycles. The molecule has 2 aromatic heterocycles. The Kier molecular flexibility index (Phi) is 2.77. The number of fused-ring (bicyclic) bond motifs is 1. The molecule has 0 bridgehead atoms. The third kappa shape index (κ3) is 2.34. The molecule has 0 spiro atoms. The summed E-state index contributed by atoms with van der Waals surface area (Å²) in [4.78, 5) is 17.7. The number of nitrogens with one attached hydrogen (secondary N) is 3. The quantitative estimate of drug-likeness (QED) is 0.481. The molecular formula is C12H10N6O. The van der Waals surface area contributed by atoms with Crippen LogP contribution in [-0.2, 0) is 0 Å². The second-order valence-electron chi connectivity index (χ2n) is 3.83. The minimum atomic E-state index is -0.521. The highest BCUT2D eigenvalue weighted by Crippen LogP contribution is 2.15. The maximum atomic E-state index is 10.9. The summed E-state index contributed by atoms with van der Waals surface area (Å²) in [6, 6.07) is 7.91. The number of para-hydroxylation sites is 1. The van der Waals surface area contributed by atoms with E-state index in [0.717, 1.165) is 16.5 Å². The topological polar surface area (TPSA) is 98.8 Å². The van der Waals surface area contributed by atoms with Gasteiger partial charge in [-0.15, -0.1) is 0 Å². The van der Waals surface area contributed by atoms with E-state index in [0.29, 0.717) is 5.82 Å². The number of aromatic amines is 2. The Morgan fingerprint density at radius 2 is 2.21 bits per heavy atom. The number of hydrogen-bond acceptors (Lipinski definition) is 5. The molecule has 0 aliphatic rings. The van der Waals surface area contributed by atoms with Crippen LogP contribution in [0.3, 0.4) is 0 Å². The van der Waals surface area contributed by atoms with E-state index in [2.05, 4.69) is 30.7 Å². The number of hydrogen-bond donors (Lipinski definition) is 3. The minimum absolute atomic E-state index is 0.292. The summed E-state index contributed by atoms with van der Waals surface area (Å²) in [5.41, 5.74) is 4.12. The fourth-order valence-electron chi connectivity index (χ4n) is 1.73. The summed E-state index contributed by atoms with van der Waals surface area (Å²) < 4.78 is 0. The maximum absolute atomic E-state index is 10.9. The summed E-state index contributed by atoms with van der Waals surface area (Å²) >= 11 is 0. The summed E-state index contributed by atoms with van der Waals surface area (Å²) in [6.45, 7) is 0. The van der Waals surface area contributed by atoms with Crippen LogP contribution in [0.25, 0.3) is 10.9 Å². The smallest absolute Gasteiger partial charge is 0.361 e. The summed E-state index contributed by atoms with van der Waals surface area (Å²) in [5, 5.41) is 10.9. The highest BCUT2D eigenvalue weighted by atomic mass is 16.1. The molecule has 1 aromatic carbocycles. The van der Waals surface area contributed by atoms with Gasteiger partial charge in [-0.3, -0.25) is 5.43 Å². The number of hydrazone groups is 1. The monoisotopic (exact) mass is 254 g/mol. The fourth-order valence-corrected chi connectivity index (χ4v) is 1.73. The van der Waals surface area contributed by atoms with Gasteiger partial charge in [0.15, 0.2) is 5.82 Å². The Balaban J connectivity index is 1.81. The Bertz CT molecular complexity index is 788. The van der Waals surface area contributed by atoms with Gasteiger partial charge in [-0.2, -0.15) is 15.2 Å². The minimum Gasteiger partial charge on any atom is -0.361 e. The molecule has 0 amide bonds. The Morgan fingerprint density at radius 3 is 3.11 bits per heavy atom. The average molecular weight is 254 g/mol. The van der Waals surface area contributed by atoms with Crippen LogP contribution in [0.15, 0.2) is 46.6 Å². The van der Waals surface area contributed by atoms with E-state index < -0.39 is 5.69 Å². The number of rotatable bonds is 3. The van der Waals surface area contributed by atoms with Crippen molar-refractivity contribution in [3.05, 3.63) is 52.7 Å². The number of nitrogens with zero attached hydrogens (tertiary/aromatic N) is 3. The van der Waals surface area contributed by atoms with E-state index in [-0.39, 0.29) is 0 Å². The van der Waals surface area contributed by atoms with Gasteiger partial charge in [-0.25, -0.2) is 9.89 Å². The van der Waals surface area contributed by atoms with Crippen molar-refractivity contribution in [2.75, 3.05) is 5.43 Å². The van der Waals surface area contributed by atoms with Crippen molar-refractivity contribution in [1.29, 1.82) is 0 Å². The van der Waals surface area contributed by atoms with Gasteiger partial charge in [-0.1, -0.05) is 18.2 Å². The van der Waals surface area contributed by atoms with Crippen molar-refractivity contribution in [2.24, 2.45) is 5.10 Å². The van der Waals surface area contributed by atoms with Gasteiger partial charge >= 0.3 is 5.69 Å². The molecule has 0 fully saturated rings. The second-order valence-corrected chi connectivity index (χ2v) is 3.83. The van der Waals surface area contributed by atoms with Gasteiger partial charge in [0.2, 0.25) is 0 Å². The molecule has 3 aromatic rings. The lowest BCUT2D eigenvalue weighted by atomic mass is 10.2. The van der Waals surface area contributed by atoms with Crippen molar-refractivity contribution in [3.63, 3.8) is 0 Å². The van der Waals surface area contributed by atoms with Crippen molar-refractivity contribution < 1.29 is 0 Å².